The average Bonchev–Trinajstić information content (AvgIpc) is 3.63. The van der Waals surface area contributed by atoms with Crippen LogP contribution in [0.2, 0.25) is 5.02 Å². The molecule has 2 spiro atoms. The molecule has 1 aromatic carbocycles. The number of allylic oxidation sites excluding steroid dienone is 1. The van der Waals surface area contributed by atoms with Gasteiger partial charge in [0.15, 0.2) is 5.82 Å². The highest BCUT2D eigenvalue weighted by molar-refractivity contribution is 7.88. The van der Waals surface area contributed by atoms with Gasteiger partial charge in [-0.2, -0.15) is 4.68 Å². The molecule has 12 heteroatoms. The number of sulfonamides is 1. The Morgan fingerprint density at radius 3 is 2.54 bits per heavy atom. The van der Waals surface area contributed by atoms with Crippen molar-refractivity contribution in [2.75, 3.05) is 62.3 Å². The topological polar surface area (TPSA) is 94.0 Å². The second-order valence-electron chi connectivity index (χ2n) is 12.5. The van der Waals surface area contributed by atoms with Crippen molar-refractivity contribution in [1.82, 2.24) is 23.9 Å². The van der Waals surface area contributed by atoms with E-state index in [9.17, 15) is 13.2 Å². The van der Waals surface area contributed by atoms with Gasteiger partial charge in [-0.05, 0) is 63.3 Å². The first-order chi connectivity index (χ1) is 19.5. The maximum atomic E-state index is 13.2. The number of anilines is 2. The molecule has 10 nitrogen and oxygen atoms in total. The van der Waals surface area contributed by atoms with Crippen molar-refractivity contribution in [3.8, 4) is 0 Å². The maximum absolute atomic E-state index is 13.2. The van der Waals surface area contributed by atoms with E-state index in [1.54, 1.807) is 16.6 Å². The Morgan fingerprint density at radius 1 is 1.07 bits per heavy atom. The van der Waals surface area contributed by atoms with Crippen molar-refractivity contribution < 1.29 is 13.2 Å². The second-order valence-corrected chi connectivity index (χ2v) is 15.0. The number of rotatable bonds is 6. The van der Waals surface area contributed by atoms with Crippen LogP contribution in [0, 0.1) is 5.41 Å². The highest BCUT2D eigenvalue weighted by Gasteiger charge is 2.51. The minimum absolute atomic E-state index is 0.0345. The number of likely N-dealkylation sites (tertiary alicyclic amines) is 2. The third-order valence-electron chi connectivity index (χ3n) is 9.51. The Labute approximate surface area is 247 Å². The van der Waals surface area contributed by atoms with Gasteiger partial charge in [-0.25, -0.2) is 17.5 Å². The quantitative estimate of drug-likeness (QED) is 0.534. The van der Waals surface area contributed by atoms with Crippen molar-refractivity contribution in [1.29, 1.82) is 0 Å². The highest BCUT2D eigenvalue weighted by atomic mass is 35.5. The molecule has 2 aromatic rings. The summed E-state index contributed by atoms with van der Waals surface area (Å²) in [6.45, 7) is 12.0. The van der Waals surface area contributed by atoms with Crippen molar-refractivity contribution in [3.63, 3.8) is 0 Å². The average molecular weight is 602 g/mol. The fraction of sp³-hybridized carbons (Fsp3) is 0.586. The van der Waals surface area contributed by atoms with Gasteiger partial charge in [-0.15, -0.1) is 5.10 Å². The summed E-state index contributed by atoms with van der Waals surface area (Å²) in [6.07, 6.45) is 8.16. The number of carbonyl (C=O) groups excluding carboxylic acids is 1. The molecule has 0 aliphatic carbocycles. The summed E-state index contributed by atoms with van der Waals surface area (Å²) in [5.41, 5.74) is 3.32. The van der Waals surface area contributed by atoms with E-state index in [1.165, 1.54) is 22.2 Å². The van der Waals surface area contributed by atoms with Crippen LogP contribution >= 0.6 is 11.6 Å². The molecule has 0 atom stereocenters. The molecular formula is C29H40ClN7O3S. The van der Waals surface area contributed by atoms with E-state index in [1.807, 2.05) is 17.9 Å². The molecule has 222 valence electrons. The van der Waals surface area contributed by atoms with E-state index < -0.39 is 10.0 Å². The molecule has 4 aliphatic rings. The second kappa shape index (κ2) is 10.6. The van der Waals surface area contributed by atoms with Crippen LogP contribution in [-0.2, 0) is 16.6 Å². The number of halogens is 1. The lowest BCUT2D eigenvalue weighted by Gasteiger charge is -2.46. The zero-order valence-electron chi connectivity index (χ0n) is 24.0. The minimum Gasteiger partial charge on any atom is -0.371 e. The molecule has 0 saturated carbocycles. The third kappa shape index (κ3) is 5.61. The van der Waals surface area contributed by atoms with Gasteiger partial charge in [0.05, 0.1) is 6.26 Å². The van der Waals surface area contributed by atoms with Crippen LogP contribution in [0.4, 0.5) is 16.3 Å². The van der Waals surface area contributed by atoms with Gasteiger partial charge in [0.2, 0.25) is 10.0 Å². The zero-order chi connectivity index (χ0) is 29.0. The fourth-order valence-electron chi connectivity index (χ4n) is 7.29. The van der Waals surface area contributed by atoms with Crippen LogP contribution in [0.3, 0.4) is 0 Å². The molecular weight excluding hydrogens is 562 g/mol. The Hall–Kier alpha value is -2.60. The molecule has 1 aromatic heterocycles. The molecule has 4 aliphatic heterocycles. The van der Waals surface area contributed by atoms with E-state index in [-0.39, 0.29) is 17.0 Å². The number of piperidine rings is 1. The van der Waals surface area contributed by atoms with Crippen LogP contribution in [0.5, 0.6) is 0 Å². The number of carbonyl (C=O) groups is 1. The summed E-state index contributed by atoms with van der Waals surface area (Å²) in [6, 6.07) is 7.91. The van der Waals surface area contributed by atoms with Crippen molar-refractivity contribution in [3.05, 3.63) is 53.3 Å². The Bertz CT molecular complexity index is 1440. The number of benzene rings is 1. The van der Waals surface area contributed by atoms with Crippen LogP contribution in [0.25, 0.3) is 0 Å². The predicted molar refractivity (Wildman–Crippen MR) is 162 cm³/mol. The van der Waals surface area contributed by atoms with E-state index in [0.29, 0.717) is 32.0 Å². The zero-order valence-corrected chi connectivity index (χ0v) is 25.6. The lowest BCUT2D eigenvalue weighted by atomic mass is 9.81. The molecule has 1 amide bonds. The van der Waals surface area contributed by atoms with E-state index in [2.05, 4.69) is 38.9 Å². The summed E-state index contributed by atoms with van der Waals surface area (Å²) >= 11 is 6.50. The summed E-state index contributed by atoms with van der Waals surface area (Å²) in [5.74, 6) is 0.619. The first-order valence-electron chi connectivity index (χ1n) is 14.5. The number of hydrogen-bond acceptors (Lipinski definition) is 7. The maximum Gasteiger partial charge on any atom is 0.344 e. The largest absolute Gasteiger partial charge is 0.371 e. The van der Waals surface area contributed by atoms with E-state index >= 15 is 0 Å². The predicted octanol–water partition coefficient (Wildman–Crippen LogP) is 4.05. The summed E-state index contributed by atoms with van der Waals surface area (Å²) < 4.78 is 26.9. The van der Waals surface area contributed by atoms with Gasteiger partial charge >= 0.3 is 6.03 Å². The monoisotopic (exact) mass is 601 g/mol. The van der Waals surface area contributed by atoms with Crippen molar-refractivity contribution >= 4 is 39.2 Å². The van der Waals surface area contributed by atoms with Crippen molar-refractivity contribution in [2.24, 2.45) is 5.41 Å². The Kier molecular flexibility index (Phi) is 7.37. The SMILES string of the molecule is C=C(C)Nc1ccn(C(=O)N2CCC3(CCCN3Cc3ccc(Cl)cc3N3CCC4(C3)CN(S(C)(=O)=O)C4)CC2)n1. The van der Waals surface area contributed by atoms with Crippen LogP contribution in [0.1, 0.15) is 44.6 Å². The van der Waals surface area contributed by atoms with Gasteiger partial charge in [-0.3, -0.25) is 4.90 Å². The molecule has 6 rings (SSSR count). The van der Waals surface area contributed by atoms with E-state index in [4.69, 9.17) is 11.6 Å². The van der Waals surface area contributed by atoms with Gasteiger partial charge in [0.1, 0.15) is 0 Å². The van der Waals surface area contributed by atoms with Gasteiger partial charge in [0, 0.05) is 85.4 Å². The lowest BCUT2D eigenvalue weighted by Crippen LogP contribution is -2.59. The smallest absolute Gasteiger partial charge is 0.344 e. The van der Waals surface area contributed by atoms with Crippen LogP contribution < -0.4 is 10.2 Å². The number of nitrogens with zero attached hydrogens (tertiary/aromatic N) is 6. The third-order valence-corrected chi connectivity index (χ3v) is 10.9. The molecule has 0 radical (unpaired) electrons. The number of nitrogens with one attached hydrogen (secondary N) is 1. The van der Waals surface area contributed by atoms with Crippen LogP contribution in [0.15, 0.2) is 42.7 Å². The summed E-state index contributed by atoms with van der Waals surface area (Å²) in [4.78, 5) is 20.1. The Balaban J connectivity index is 1.12. The molecule has 0 bridgehead atoms. The highest BCUT2D eigenvalue weighted by Crippen LogP contribution is 2.45. The fourth-order valence-corrected chi connectivity index (χ4v) is 8.47. The standard InChI is InChI=1S/C29H40ClN7O3S/c1-22(2)31-26-7-13-37(32-26)27(38)33-15-10-29(11-16-33)8-4-12-35(29)18-23-5-6-24(30)17-25(23)34-14-9-28(19-34)20-36(21-28)41(3,39)40/h5-7,13,17H,1,4,8-12,14-16,18-21H2,2-3H3,(H,31,32). The summed E-state index contributed by atoms with van der Waals surface area (Å²) in [7, 11) is -3.14. The summed E-state index contributed by atoms with van der Waals surface area (Å²) in [5, 5.41) is 8.15. The molecule has 4 saturated heterocycles. The number of aromatic nitrogens is 2. The van der Waals surface area contributed by atoms with E-state index in [0.717, 1.165) is 69.0 Å². The van der Waals surface area contributed by atoms with Gasteiger partial charge in [0.25, 0.3) is 0 Å². The van der Waals surface area contributed by atoms with Crippen molar-refractivity contribution in [2.45, 2.75) is 51.1 Å². The number of hydrogen-bond donors (Lipinski definition) is 1. The molecule has 4 fully saturated rings. The minimum atomic E-state index is -3.14. The Morgan fingerprint density at radius 2 is 1.83 bits per heavy atom. The van der Waals surface area contributed by atoms with Gasteiger partial charge in [-0.1, -0.05) is 24.2 Å². The normalized spacial score (nSPS) is 22.4. The molecule has 41 heavy (non-hydrogen) atoms. The van der Waals surface area contributed by atoms with Crippen LogP contribution in [-0.4, -0.2) is 95.9 Å². The number of amides is 1. The van der Waals surface area contributed by atoms with Gasteiger partial charge < -0.3 is 15.1 Å². The first kappa shape index (κ1) is 28.5. The first-order valence-corrected chi connectivity index (χ1v) is 16.7. The lowest BCUT2D eigenvalue weighted by molar-refractivity contribution is 0.0585. The molecule has 0 unspecified atom stereocenters. The molecule has 5 heterocycles. The molecule has 1 N–H and O–H groups in total.